The Morgan fingerprint density at radius 3 is 1.40 bits per heavy atom. The molecule has 0 aromatic heterocycles. The number of ether oxygens (including phenoxy) is 6. The number of aliphatic hydroxyl groups is 11. The number of allylic oxidation sites excluding steroid dienone is 15. The molecule has 0 saturated carbocycles. The Kier molecular flexibility index (Phi) is 38.5. The summed E-state index contributed by atoms with van der Waals surface area (Å²) in [6, 6.07) is -1.00. The van der Waals surface area contributed by atoms with Crippen LogP contribution in [0.15, 0.2) is 97.2 Å². The van der Waals surface area contributed by atoms with E-state index in [1.165, 1.54) is 19.3 Å². The van der Waals surface area contributed by atoms with Crippen molar-refractivity contribution in [3.63, 3.8) is 0 Å². The van der Waals surface area contributed by atoms with Crippen molar-refractivity contribution in [2.45, 2.75) is 253 Å². The lowest BCUT2D eigenvalue weighted by atomic mass is 9.96. The molecule has 3 aliphatic rings. The lowest BCUT2D eigenvalue weighted by molar-refractivity contribution is -0.379. The summed E-state index contributed by atoms with van der Waals surface area (Å²) < 4.78 is 34.1. The maximum absolute atomic E-state index is 13.3. The number of rotatable bonds is 41. The largest absolute Gasteiger partial charge is 0.394 e. The van der Waals surface area contributed by atoms with Crippen LogP contribution in [-0.4, -0.2) is 193 Å². The summed E-state index contributed by atoms with van der Waals surface area (Å²) in [5.41, 5.74) is 0. The summed E-state index contributed by atoms with van der Waals surface area (Å²) in [6.07, 6.45) is 26.9. The summed E-state index contributed by atoms with van der Waals surface area (Å²) in [7, 11) is 0. The van der Waals surface area contributed by atoms with Crippen LogP contribution < -0.4 is 5.32 Å². The number of hydrogen-bond acceptors (Lipinski definition) is 18. The van der Waals surface area contributed by atoms with Gasteiger partial charge in [-0.25, -0.2) is 0 Å². The molecular formula is C61H101NO18. The molecular weight excluding hydrogens is 1030 g/mol. The van der Waals surface area contributed by atoms with Gasteiger partial charge in [0.2, 0.25) is 5.91 Å². The number of amides is 1. The van der Waals surface area contributed by atoms with Crippen LogP contribution in [0.1, 0.15) is 149 Å². The number of carbonyl (C=O) groups excluding carboxylic acids is 1. The van der Waals surface area contributed by atoms with Crippen LogP contribution >= 0.6 is 0 Å². The predicted molar refractivity (Wildman–Crippen MR) is 304 cm³/mol. The fraction of sp³-hybridized carbons (Fsp3) is 0.721. The number of hydrogen-bond donors (Lipinski definition) is 12. The average Bonchev–Trinajstić information content (AvgIpc) is 3.47. The molecule has 3 fully saturated rings. The molecule has 0 aromatic rings. The van der Waals surface area contributed by atoms with E-state index in [-0.39, 0.29) is 18.9 Å². The number of aliphatic hydroxyl groups excluding tert-OH is 11. The standard InChI is InChI=1S/C61H101NO18/c1-3-5-7-9-11-13-15-16-17-18-19-20-21-22-23-24-25-26-27-28-29-31-33-35-37-39-49(67)62-44(45(66)38-36-34-32-30-14-12-10-8-6-4-2)43-75-59-55(73)52(70)57(47(41-64)77-59)80-61-56(74)53(71)58(48(42-65)78-61)79-60-54(72)51(69)50(68)46(40-63)76-60/h5,7,11,13-14,16-17,19-20,22-23,25-26,30,36,38,44-48,50-61,63-66,68-74H,3-4,6,8-10,12,15,18,21,24,27-29,31-35,37,39-43H2,1-2H3,(H,62,67)/b7-5-,13-11-,17-16-,20-19-,23-22-,26-25-,30-14+,38-36+. The van der Waals surface area contributed by atoms with Crippen molar-refractivity contribution in [1.29, 1.82) is 0 Å². The predicted octanol–water partition coefficient (Wildman–Crippen LogP) is 4.98. The highest BCUT2D eigenvalue weighted by Crippen LogP contribution is 2.33. The second kappa shape index (κ2) is 43.4. The Balaban J connectivity index is 1.47. The van der Waals surface area contributed by atoms with Gasteiger partial charge in [-0.05, 0) is 83.5 Å². The van der Waals surface area contributed by atoms with Gasteiger partial charge in [0.25, 0.3) is 0 Å². The number of carbonyl (C=O) groups is 1. The van der Waals surface area contributed by atoms with Gasteiger partial charge in [-0.2, -0.15) is 0 Å². The molecule has 19 heteroatoms. The zero-order chi connectivity index (χ0) is 58.3. The van der Waals surface area contributed by atoms with E-state index in [0.717, 1.165) is 96.3 Å². The molecule has 17 atom stereocenters. The Morgan fingerprint density at radius 1 is 0.463 bits per heavy atom. The van der Waals surface area contributed by atoms with Gasteiger partial charge in [-0.3, -0.25) is 4.79 Å². The molecule has 3 heterocycles. The zero-order valence-electron chi connectivity index (χ0n) is 47.5. The third-order valence-corrected chi connectivity index (χ3v) is 14.1. The molecule has 1 amide bonds. The maximum Gasteiger partial charge on any atom is 0.220 e. The van der Waals surface area contributed by atoms with Gasteiger partial charge in [0, 0.05) is 6.42 Å². The smallest absolute Gasteiger partial charge is 0.220 e. The maximum atomic E-state index is 13.3. The van der Waals surface area contributed by atoms with E-state index in [0.29, 0.717) is 12.8 Å². The fourth-order valence-electron chi connectivity index (χ4n) is 9.27. The quantitative estimate of drug-likeness (QED) is 0.0284. The van der Waals surface area contributed by atoms with Crippen molar-refractivity contribution < 1.29 is 89.4 Å². The molecule has 19 nitrogen and oxygen atoms in total. The molecule has 0 radical (unpaired) electrons. The van der Waals surface area contributed by atoms with Gasteiger partial charge >= 0.3 is 0 Å². The van der Waals surface area contributed by atoms with E-state index < -0.39 is 124 Å². The van der Waals surface area contributed by atoms with Crippen LogP contribution in [-0.2, 0) is 33.2 Å². The van der Waals surface area contributed by atoms with E-state index in [9.17, 15) is 61.0 Å². The minimum absolute atomic E-state index is 0.211. The molecule has 458 valence electrons. The van der Waals surface area contributed by atoms with Gasteiger partial charge in [0.15, 0.2) is 18.9 Å². The summed E-state index contributed by atoms with van der Waals surface area (Å²) in [5.74, 6) is -0.309. The van der Waals surface area contributed by atoms with Gasteiger partial charge in [0.05, 0.1) is 38.6 Å². The summed E-state index contributed by atoms with van der Waals surface area (Å²) in [5, 5.41) is 120. The van der Waals surface area contributed by atoms with Gasteiger partial charge < -0.3 is 89.9 Å². The lowest BCUT2D eigenvalue weighted by Crippen LogP contribution is -2.66. The summed E-state index contributed by atoms with van der Waals surface area (Å²) in [4.78, 5) is 13.3. The minimum atomic E-state index is -1.99. The molecule has 80 heavy (non-hydrogen) atoms. The Labute approximate surface area is 475 Å². The molecule has 3 rings (SSSR count). The molecule has 0 aliphatic carbocycles. The van der Waals surface area contributed by atoms with Crippen molar-refractivity contribution in [1.82, 2.24) is 5.32 Å². The second-order valence-electron chi connectivity index (χ2n) is 20.7. The van der Waals surface area contributed by atoms with Gasteiger partial charge in [-0.1, -0.05) is 156 Å². The number of unbranched alkanes of at least 4 members (excludes halogenated alkanes) is 11. The normalized spacial score (nSPS) is 30.7. The first-order valence-electron chi connectivity index (χ1n) is 29.5. The van der Waals surface area contributed by atoms with E-state index in [1.54, 1.807) is 6.08 Å². The molecule has 3 saturated heterocycles. The highest BCUT2D eigenvalue weighted by Gasteiger charge is 2.53. The van der Waals surface area contributed by atoms with Crippen molar-refractivity contribution in [3.05, 3.63) is 97.2 Å². The third-order valence-electron chi connectivity index (χ3n) is 14.1. The van der Waals surface area contributed by atoms with E-state index >= 15 is 0 Å². The minimum Gasteiger partial charge on any atom is -0.394 e. The van der Waals surface area contributed by atoms with E-state index in [2.05, 4.69) is 104 Å². The first-order valence-corrected chi connectivity index (χ1v) is 29.5. The van der Waals surface area contributed by atoms with Gasteiger partial charge in [0.1, 0.15) is 73.2 Å². The SMILES string of the molecule is CC/C=C\C/C=C\C/C=C\C/C=C\C/C=C\C/C=C\CCCCCCCCC(=O)NC(COC1OC(CO)C(OC2OC(CO)C(OC3OC(CO)C(O)C(O)C3O)C(O)C2O)C(O)C1O)C(O)/C=C/CC/C=C/CCCCCC. The molecule has 0 bridgehead atoms. The summed E-state index contributed by atoms with van der Waals surface area (Å²) in [6.45, 7) is 1.49. The van der Waals surface area contributed by atoms with E-state index in [1.807, 2.05) is 6.08 Å². The van der Waals surface area contributed by atoms with Crippen molar-refractivity contribution in [3.8, 4) is 0 Å². The summed E-state index contributed by atoms with van der Waals surface area (Å²) >= 11 is 0. The number of nitrogens with one attached hydrogen (secondary N) is 1. The van der Waals surface area contributed by atoms with Crippen LogP contribution in [0.25, 0.3) is 0 Å². The van der Waals surface area contributed by atoms with Crippen molar-refractivity contribution >= 4 is 5.91 Å². The molecule has 0 spiro atoms. The van der Waals surface area contributed by atoms with Crippen LogP contribution in [0.5, 0.6) is 0 Å². The van der Waals surface area contributed by atoms with Gasteiger partial charge in [-0.15, -0.1) is 0 Å². The monoisotopic (exact) mass is 1140 g/mol. The van der Waals surface area contributed by atoms with Crippen LogP contribution in [0.4, 0.5) is 0 Å². The molecule has 0 aromatic carbocycles. The Hall–Kier alpha value is -3.29. The fourth-order valence-corrected chi connectivity index (χ4v) is 9.27. The van der Waals surface area contributed by atoms with Crippen molar-refractivity contribution in [2.75, 3.05) is 26.4 Å². The first-order chi connectivity index (χ1) is 38.8. The zero-order valence-corrected chi connectivity index (χ0v) is 47.5. The lowest BCUT2D eigenvalue weighted by Gasteiger charge is -2.48. The average molecular weight is 1140 g/mol. The molecule has 17 unspecified atom stereocenters. The first kappa shape index (κ1) is 71.0. The van der Waals surface area contributed by atoms with Crippen LogP contribution in [0.2, 0.25) is 0 Å². The molecule has 3 aliphatic heterocycles. The van der Waals surface area contributed by atoms with Crippen LogP contribution in [0, 0.1) is 0 Å². The van der Waals surface area contributed by atoms with Crippen molar-refractivity contribution in [2.24, 2.45) is 0 Å². The molecule has 12 N–H and O–H groups in total. The van der Waals surface area contributed by atoms with E-state index in [4.69, 9.17) is 28.4 Å². The third kappa shape index (κ3) is 27.0. The Bertz CT molecular complexity index is 1840. The Morgan fingerprint density at radius 2 is 0.875 bits per heavy atom. The topological polar surface area (TPSA) is 307 Å². The second-order valence-corrected chi connectivity index (χ2v) is 20.7. The highest BCUT2D eigenvalue weighted by molar-refractivity contribution is 5.76. The highest BCUT2D eigenvalue weighted by atomic mass is 16.8. The van der Waals surface area contributed by atoms with Crippen LogP contribution in [0.3, 0.4) is 0 Å².